The lowest BCUT2D eigenvalue weighted by Crippen LogP contribution is -2.12. The number of carbonyl (C=O) groups is 1. The van der Waals surface area contributed by atoms with Gasteiger partial charge in [0.15, 0.2) is 11.5 Å². The molecule has 1 N–H and O–H groups in total. The molecule has 150 valence electrons. The van der Waals surface area contributed by atoms with E-state index in [1.807, 2.05) is 12.1 Å². The summed E-state index contributed by atoms with van der Waals surface area (Å²) in [5, 5.41) is 4.22. The van der Waals surface area contributed by atoms with E-state index < -0.39 is 0 Å². The average Bonchev–Trinajstić information content (AvgIpc) is 2.69. The summed E-state index contributed by atoms with van der Waals surface area (Å²) in [4.78, 5) is 10.9. The van der Waals surface area contributed by atoms with Crippen molar-refractivity contribution in [1.82, 2.24) is 5.43 Å². The van der Waals surface area contributed by atoms with Crippen LogP contribution in [0.15, 0.2) is 41.5 Å². The predicted octanol–water partition coefficient (Wildman–Crippen LogP) is 4.23. The van der Waals surface area contributed by atoms with Gasteiger partial charge >= 0.3 is 0 Å². The van der Waals surface area contributed by atoms with E-state index in [9.17, 15) is 4.79 Å². The minimum Gasteiger partial charge on any atom is -0.493 e. The summed E-state index contributed by atoms with van der Waals surface area (Å²) in [6.45, 7) is 4.47. The Hall–Kier alpha value is -2.73. The standard InChI is InChI=1S/C21H25ClN2O4/c1-4-16-6-8-18(9-7-16)27-10-5-11-28-21-19(22)12-17(13-20(21)26-3)14-23-24-15(2)25/h6-9,12-14H,4-5,10-11H2,1-3H3,(H,24,25)/b23-14-. The third kappa shape index (κ3) is 6.78. The van der Waals surface area contributed by atoms with Crippen LogP contribution in [0.1, 0.15) is 31.4 Å². The van der Waals surface area contributed by atoms with Gasteiger partial charge in [0, 0.05) is 13.3 Å². The Morgan fingerprint density at radius 1 is 1.18 bits per heavy atom. The van der Waals surface area contributed by atoms with Crippen molar-refractivity contribution in [3.63, 3.8) is 0 Å². The minimum atomic E-state index is -0.252. The van der Waals surface area contributed by atoms with Gasteiger partial charge < -0.3 is 14.2 Å². The number of amides is 1. The summed E-state index contributed by atoms with van der Waals surface area (Å²) in [6, 6.07) is 11.5. The molecule has 2 rings (SSSR count). The zero-order valence-electron chi connectivity index (χ0n) is 16.3. The van der Waals surface area contributed by atoms with Crippen molar-refractivity contribution in [2.45, 2.75) is 26.7 Å². The quantitative estimate of drug-likeness (QED) is 0.365. The molecule has 0 radical (unpaired) electrons. The SMILES string of the molecule is CCc1ccc(OCCCOc2c(Cl)cc(/C=N\NC(C)=O)cc2OC)cc1. The second kappa shape index (κ2) is 11.2. The Morgan fingerprint density at radius 3 is 2.54 bits per heavy atom. The van der Waals surface area contributed by atoms with Gasteiger partial charge in [0.25, 0.3) is 0 Å². The molecular formula is C21H25ClN2O4. The number of ether oxygens (including phenoxy) is 3. The first-order valence-electron chi connectivity index (χ1n) is 9.05. The molecule has 0 saturated carbocycles. The van der Waals surface area contributed by atoms with Gasteiger partial charge in [0.1, 0.15) is 5.75 Å². The van der Waals surface area contributed by atoms with Crippen molar-refractivity contribution < 1.29 is 19.0 Å². The Kier molecular flexibility index (Phi) is 8.62. The van der Waals surface area contributed by atoms with Crippen molar-refractivity contribution in [1.29, 1.82) is 0 Å². The highest BCUT2D eigenvalue weighted by Crippen LogP contribution is 2.36. The molecule has 2 aromatic carbocycles. The molecule has 1 amide bonds. The first kappa shape index (κ1) is 21.6. The number of aryl methyl sites for hydroxylation is 1. The number of hydrogen-bond donors (Lipinski definition) is 1. The third-order valence-corrected chi connectivity index (χ3v) is 4.10. The van der Waals surface area contributed by atoms with Crippen molar-refractivity contribution >= 4 is 23.7 Å². The number of methoxy groups -OCH3 is 1. The van der Waals surface area contributed by atoms with Crippen LogP contribution in [0.5, 0.6) is 17.2 Å². The van der Waals surface area contributed by atoms with Crippen molar-refractivity contribution in [3.05, 3.63) is 52.5 Å². The van der Waals surface area contributed by atoms with E-state index in [1.54, 1.807) is 12.1 Å². The maximum absolute atomic E-state index is 10.9. The Labute approximate surface area is 170 Å². The summed E-state index contributed by atoms with van der Waals surface area (Å²) in [6.07, 6.45) is 3.19. The van der Waals surface area contributed by atoms with Crippen LogP contribution in [0.4, 0.5) is 0 Å². The first-order chi connectivity index (χ1) is 13.5. The molecule has 0 saturated heterocycles. The van der Waals surface area contributed by atoms with E-state index in [0.29, 0.717) is 41.7 Å². The second-order valence-corrected chi connectivity index (χ2v) is 6.42. The summed E-state index contributed by atoms with van der Waals surface area (Å²) in [5.41, 5.74) is 4.30. The third-order valence-electron chi connectivity index (χ3n) is 3.82. The van der Waals surface area contributed by atoms with Gasteiger partial charge in [-0.1, -0.05) is 30.7 Å². The molecule has 0 aliphatic rings. The van der Waals surface area contributed by atoms with Gasteiger partial charge in [-0.15, -0.1) is 0 Å². The number of carbonyl (C=O) groups excluding carboxylic acids is 1. The second-order valence-electron chi connectivity index (χ2n) is 6.01. The maximum Gasteiger partial charge on any atom is 0.236 e. The van der Waals surface area contributed by atoms with Crippen molar-refractivity contribution in [2.24, 2.45) is 5.10 Å². The zero-order valence-corrected chi connectivity index (χ0v) is 17.1. The van der Waals surface area contributed by atoms with Crippen LogP contribution in [0.25, 0.3) is 0 Å². The number of rotatable bonds is 10. The van der Waals surface area contributed by atoms with Gasteiger partial charge in [-0.25, -0.2) is 5.43 Å². The lowest BCUT2D eigenvalue weighted by Gasteiger charge is -2.13. The summed E-state index contributed by atoms with van der Waals surface area (Å²) in [5.74, 6) is 1.55. The highest BCUT2D eigenvalue weighted by Gasteiger charge is 2.11. The molecule has 28 heavy (non-hydrogen) atoms. The van der Waals surface area contributed by atoms with Crippen LogP contribution in [0, 0.1) is 0 Å². The Balaban J connectivity index is 1.86. The van der Waals surface area contributed by atoms with E-state index in [-0.39, 0.29) is 5.91 Å². The number of hydrazone groups is 1. The van der Waals surface area contributed by atoms with E-state index in [0.717, 1.165) is 12.2 Å². The number of nitrogens with one attached hydrogen (secondary N) is 1. The molecule has 0 aromatic heterocycles. The van der Waals surface area contributed by atoms with E-state index in [1.165, 1.54) is 25.8 Å². The number of nitrogens with zero attached hydrogens (tertiary/aromatic N) is 1. The van der Waals surface area contributed by atoms with Crippen LogP contribution in [0.2, 0.25) is 5.02 Å². The van der Waals surface area contributed by atoms with Crippen LogP contribution in [-0.4, -0.2) is 32.4 Å². The lowest BCUT2D eigenvalue weighted by atomic mass is 10.2. The Morgan fingerprint density at radius 2 is 1.89 bits per heavy atom. The highest BCUT2D eigenvalue weighted by atomic mass is 35.5. The molecule has 0 spiro atoms. The van der Waals surface area contributed by atoms with Crippen LogP contribution >= 0.6 is 11.6 Å². The number of hydrogen-bond acceptors (Lipinski definition) is 5. The largest absolute Gasteiger partial charge is 0.493 e. The van der Waals surface area contributed by atoms with Gasteiger partial charge in [-0.05, 0) is 41.8 Å². The monoisotopic (exact) mass is 404 g/mol. The first-order valence-corrected chi connectivity index (χ1v) is 9.43. The zero-order chi connectivity index (χ0) is 20.4. The molecule has 0 aliphatic carbocycles. The number of halogens is 1. The van der Waals surface area contributed by atoms with Crippen LogP contribution < -0.4 is 19.6 Å². The van der Waals surface area contributed by atoms with E-state index >= 15 is 0 Å². The van der Waals surface area contributed by atoms with Crippen molar-refractivity contribution in [2.75, 3.05) is 20.3 Å². The molecule has 0 aliphatic heterocycles. The normalized spacial score (nSPS) is 10.7. The average molecular weight is 405 g/mol. The maximum atomic E-state index is 10.9. The fraction of sp³-hybridized carbons (Fsp3) is 0.333. The number of benzene rings is 2. The summed E-state index contributed by atoms with van der Waals surface area (Å²) >= 11 is 6.31. The smallest absolute Gasteiger partial charge is 0.236 e. The van der Waals surface area contributed by atoms with Crippen molar-refractivity contribution in [3.8, 4) is 17.2 Å². The molecule has 0 fully saturated rings. The van der Waals surface area contributed by atoms with E-state index in [2.05, 4.69) is 29.6 Å². The van der Waals surface area contributed by atoms with Gasteiger partial charge in [-0.3, -0.25) is 4.79 Å². The van der Waals surface area contributed by atoms with Gasteiger partial charge in [0.2, 0.25) is 5.91 Å². The molecule has 0 unspecified atom stereocenters. The molecule has 2 aromatic rings. The molecule has 7 heteroatoms. The summed E-state index contributed by atoms with van der Waals surface area (Å²) in [7, 11) is 1.54. The lowest BCUT2D eigenvalue weighted by molar-refractivity contribution is -0.118. The summed E-state index contributed by atoms with van der Waals surface area (Å²) < 4.78 is 16.8. The molecular weight excluding hydrogens is 380 g/mol. The minimum absolute atomic E-state index is 0.252. The highest BCUT2D eigenvalue weighted by molar-refractivity contribution is 6.32. The van der Waals surface area contributed by atoms with Gasteiger partial charge in [0.05, 0.1) is 31.6 Å². The Bertz CT molecular complexity index is 807. The predicted molar refractivity (Wildman–Crippen MR) is 111 cm³/mol. The van der Waals surface area contributed by atoms with E-state index in [4.69, 9.17) is 25.8 Å². The van der Waals surface area contributed by atoms with Crippen LogP contribution in [0.3, 0.4) is 0 Å². The topological polar surface area (TPSA) is 69.2 Å². The van der Waals surface area contributed by atoms with Crippen LogP contribution in [-0.2, 0) is 11.2 Å². The fourth-order valence-electron chi connectivity index (χ4n) is 2.40. The molecule has 6 nitrogen and oxygen atoms in total. The van der Waals surface area contributed by atoms with Gasteiger partial charge in [-0.2, -0.15) is 5.10 Å². The molecule has 0 bridgehead atoms. The molecule has 0 heterocycles. The fourth-order valence-corrected chi connectivity index (χ4v) is 2.67. The molecule has 0 atom stereocenters.